The molecule has 0 aliphatic carbocycles. The molecule has 162 valence electrons. The van der Waals surface area contributed by atoms with Crippen molar-refractivity contribution in [2.75, 3.05) is 11.1 Å². The van der Waals surface area contributed by atoms with Gasteiger partial charge in [-0.15, -0.1) is 10.2 Å². The molecule has 1 N–H and O–H groups in total. The number of furan rings is 2. The first kappa shape index (κ1) is 20.6. The second-order valence-electron chi connectivity index (χ2n) is 7.11. The van der Waals surface area contributed by atoms with E-state index in [0.717, 1.165) is 5.56 Å². The number of anilines is 1. The van der Waals surface area contributed by atoms with Crippen LogP contribution in [0.3, 0.4) is 0 Å². The molecule has 0 atom stereocenters. The number of para-hydroxylation sites is 1. The van der Waals surface area contributed by atoms with Crippen LogP contribution >= 0.6 is 11.8 Å². The maximum absolute atomic E-state index is 12.7. The van der Waals surface area contributed by atoms with Gasteiger partial charge in [0.2, 0.25) is 17.5 Å². The zero-order chi connectivity index (χ0) is 22.6. The summed E-state index contributed by atoms with van der Waals surface area (Å²) in [6.07, 6.45) is 1.58. The number of fused-ring (bicyclic) bond motifs is 1. The minimum absolute atomic E-state index is 0.0712. The smallest absolute Gasteiger partial charge is 0.234 e. The van der Waals surface area contributed by atoms with E-state index in [4.69, 9.17) is 8.83 Å². The molecule has 0 aliphatic heterocycles. The number of nitriles is 1. The van der Waals surface area contributed by atoms with Crippen LogP contribution in [0.4, 0.5) is 5.69 Å². The van der Waals surface area contributed by atoms with Gasteiger partial charge in [0.05, 0.1) is 18.6 Å². The summed E-state index contributed by atoms with van der Waals surface area (Å²) in [6.45, 7) is 0.527. The molecule has 5 rings (SSSR count). The van der Waals surface area contributed by atoms with Crippen molar-refractivity contribution in [2.45, 2.75) is 11.7 Å². The van der Waals surface area contributed by atoms with Crippen molar-refractivity contribution in [1.29, 1.82) is 5.26 Å². The Balaban J connectivity index is 1.37. The van der Waals surface area contributed by atoms with Crippen LogP contribution < -0.4 is 5.32 Å². The van der Waals surface area contributed by atoms with Crippen LogP contribution in [0, 0.1) is 11.3 Å². The largest absolute Gasteiger partial charge is 0.461 e. The van der Waals surface area contributed by atoms with Crippen LogP contribution in [-0.4, -0.2) is 26.4 Å². The fourth-order valence-electron chi connectivity index (χ4n) is 3.45. The van der Waals surface area contributed by atoms with E-state index in [1.165, 1.54) is 11.8 Å². The lowest BCUT2D eigenvalue weighted by molar-refractivity contribution is -0.113. The summed E-state index contributed by atoms with van der Waals surface area (Å²) in [5.74, 6) is 1.05. The van der Waals surface area contributed by atoms with Crippen LogP contribution in [-0.2, 0) is 11.3 Å². The number of carbonyl (C=O) groups is 1. The molecule has 0 unspecified atom stereocenters. The van der Waals surface area contributed by atoms with Crippen LogP contribution in [0.1, 0.15) is 11.3 Å². The van der Waals surface area contributed by atoms with Crippen LogP contribution in [0.2, 0.25) is 0 Å². The molecule has 9 heteroatoms. The average molecular weight is 455 g/mol. The van der Waals surface area contributed by atoms with Gasteiger partial charge in [-0.3, -0.25) is 9.36 Å². The monoisotopic (exact) mass is 455 g/mol. The number of thioether (sulfide) groups is 1. The van der Waals surface area contributed by atoms with Gasteiger partial charge in [0.15, 0.2) is 10.9 Å². The number of rotatable bonds is 7. The number of nitrogens with zero attached hydrogens (tertiary/aromatic N) is 4. The topological polar surface area (TPSA) is 110 Å². The van der Waals surface area contributed by atoms with Gasteiger partial charge in [-0.1, -0.05) is 54.2 Å². The zero-order valence-corrected chi connectivity index (χ0v) is 18.1. The number of hydrogen-bond acceptors (Lipinski definition) is 7. The summed E-state index contributed by atoms with van der Waals surface area (Å²) in [5, 5.41) is 22.0. The van der Waals surface area contributed by atoms with Gasteiger partial charge in [0.1, 0.15) is 17.3 Å². The first-order valence-corrected chi connectivity index (χ1v) is 11.1. The molecule has 0 saturated heterocycles. The van der Waals surface area contributed by atoms with E-state index in [2.05, 4.69) is 15.5 Å². The van der Waals surface area contributed by atoms with E-state index in [1.807, 2.05) is 59.2 Å². The Kier molecular flexibility index (Phi) is 5.66. The predicted molar refractivity (Wildman–Crippen MR) is 124 cm³/mol. The molecule has 2 aromatic carbocycles. The van der Waals surface area contributed by atoms with E-state index in [9.17, 15) is 10.1 Å². The lowest BCUT2D eigenvalue weighted by Crippen LogP contribution is -2.15. The van der Waals surface area contributed by atoms with Gasteiger partial charge < -0.3 is 14.2 Å². The lowest BCUT2D eigenvalue weighted by atomic mass is 10.2. The maximum atomic E-state index is 12.7. The number of carbonyl (C=O) groups excluding carboxylic acids is 1. The van der Waals surface area contributed by atoms with Crippen molar-refractivity contribution in [3.05, 3.63) is 84.3 Å². The van der Waals surface area contributed by atoms with Crippen molar-refractivity contribution < 1.29 is 13.6 Å². The third-order valence-electron chi connectivity index (χ3n) is 4.94. The Labute approximate surface area is 192 Å². The molecular weight excluding hydrogens is 438 g/mol. The van der Waals surface area contributed by atoms with Crippen molar-refractivity contribution in [2.24, 2.45) is 0 Å². The van der Waals surface area contributed by atoms with Crippen molar-refractivity contribution in [3.63, 3.8) is 0 Å². The summed E-state index contributed by atoms with van der Waals surface area (Å²) in [7, 11) is 0. The lowest BCUT2D eigenvalue weighted by Gasteiger charge is -2.09. The number of aromatic nitrogens is 3. The normalized spacial score (nSPS) is 10.9. The highest BCUT2D eigenvalue weighted by Gasteiger charge is 2.20. The molecule has 3 heterocycles. The summed E-state index contributed by atoms with van der Waals surface area (Å²) in [5.41, 5.74) is 1.99. The number of nitrogens with one attached hydrogen (secondary N) is 1. The van der Waals surface area contributed by atoms with Crippen LogP contribution in [0.5, 0.6) is 0 Å². The molecule has 8 nitrogen and oxygen atoms in total. The molecule has 0 aliphatic rings. The molecule has 0 radical (unpaired) electrons. The van der Waals surface area contributed by atoms with Gasteiger partial charge in [-0.2, -0.15) is 5.26 Å². The standard InChI is InChI=1S/C24H17N5O3S/c25-13-20-22(17-9-4-5-10-18(17)32-20)26-21(30)15-33-24-28-27-23(19-11-6-12-31-19)29(24)14-16-7-2-1-3-8-16/h1-12H,14-15H2,(H,26,30). The predicted octanol–water partition coefficient (Wildman–Crippen LogP) is 4.94. The quantitative estimate of drug-likeness (QED) is 0.346. The van der Waals surface area contributed by atoms with Crippen LogP contribution in [0.25, 0.3) is 22.6 Å². The summed E-state index contributed by atoms with van der Waals surface area (Å²) >= 11 is 1.26. The molecule has 0 fully saturated rings. The van der Waals surface area contributed by atoms with E-state index in [-0.39, 0.29) is 17.4 Å². The highest BCUT2D eigenvalue weighted by atomic mass is 32.2. The van der Waals surface area contributed by atoms with Gasteiger partial charge in [0.25, 0.3) is 0 Å². The highest BCUT2D eigenvalue weighted by molar-refractivity contribution is 7.99. The molecule has 33 heavy (non-hydrogen) atoms. The minimum Gasteiger partial charge on any atom is -0.461 e. The average Bonchev–Trinajstić information content (AvgIpc) is 3.58. The second kappa shape index (κ2) is 9.06. The van der Waals surface area contributed by atoms with E-state index < -0.39 is 0 Å². The molecular formula is C24H17N5O3S. The Hall–Kier alpha value is -4.29. The fraction of sp³-hybridized carbons (Fsp3) is 0.0833. The Morgan fingerprint density at radius 3 is 2.67 bits per heavy atom. The molecule has 0 saturated carbocycles. The summed E-state index contributed by atoms with van der Waals surface area (Å²) in [4.78, 5) is 12.7. The highest BCUT2D eigenvalue weighted by Crippen LogP contribution is 2.31. The third kappa shape index (κ3) is 4.24. The Bertz CT molecular complexity index is 1450. The molecule has 1 amide bonds. The molecule has 3 aromatic heterocycles. The zero-order valence-electron chi connectivity index (χ0n) is 17.3. The summed E-state index contributed by atoms with van der Waals surface area (Å²) < 4.78 is 13.0. The van der Waals surface area contributed by atoms with E-state index >= 15 is 0 Å². The second-order valence-corrected chi connectivity index (χ2v) is 8.05. The number of benzene rings is 2. The Morgan fingerprint density at radius 1 is 1.06 bits per heavy atom. The first-order chi connectivity index (χ1) is 16.2. The van der Waals surface area contributed by atoms with Gasteiger partial charge in [-0.05, 0) is 29.8 Å². The third-order valence-corrected chi connectivity index (χ3v) is 5.90. The van der Waals surface area contributed by atoms with Gasteiger partial charge in [-0.25, -0.2) is 0 Å². The molecule has 5 aromatic rings. The molecule has 0 spiro atoms. The maximum Gasteiger partial charge on any atom is 0.234 e. The van der Waals surface area contributed by atoms with Gasteiger partial charge in [0, 0.05) is 5.39 Å². The van der Waals surface area contributed by atoms with Gasteiger partial charge >= 0.3 is 0 Å². The minimum atomic E-state index is -0.281. The van der Waals surface area contributed by atoms with Crippen LogP contribution in [0.15, 0.2) is 87.0 Å². The molecule has 0 bridgehead atoms. The number of hydrogen-bond donors (Lipinski definition) is 1. The van der Waals surface area contributed by atoms with E-state index in [1.54, 1.807) is 24.5 Å². The van der Waals surface area contributed by atoms with E-state index in [0.29, 0.717) is 39.9 Å². The van der Waals surface area contributed by atoms with Crippen molar-refractivity contribution in [3.8, 4) is 17.7 Å². The fourth-order valence-corrected chi connectivity index (χ4v) is 4.18. The SMILES string of the molecule is N#Cc1oc2ccccc2c1NC(=O)CSc1nnc(-c2ccco2)n1Cc1ccccc1. The summed E-state index contributed by atoms with van der Waals surface area (Å²) in [6, 6.07) is 22.7. The van der Waals surface area contributed by atoms with Crippen molar-refractivity contribution >= 4 is 34.3 Å². The number of amides is 1. The first-order valence-electron chi connectivity index (χ1n) is 10.1. The Morgan fingerprint density at radius 2 is 1.88 bits per heavy atom. The van der Waals surface area contributed by atoms with Crippen molar-refractivity contribution in [1.82, 2.24) is 14.8 Å².